The third-order valence-electron chi connectivity index (χ3n) is 5.01. The highest BCUT2D eigenvalue weighted by Crippen LogP contribution is 2.35. The molecule has 0 fully saturated rings. The number of primary amides is 1. The number of rotatable bonds is 6. The molecule has 3 aromatic rings. The molecule has 0 aliphatic heterocycles. The van der Waals surface area contributed by atoms with Crippen molar-refractivity contribution >= 4 is 29.1 Å². The summed E-state index contributed by atoms with van der Waals surface area (Å²) in [5.74, 6) is -0.640. The molecule has 0 aliphatic carbocycles. The molecule has 2 N–H and O–H groups in total. The van der Waals surface area contributed by atoms with E-state index in [1.54, 1.807) is 25.1 Å². The average molecular weight is 486 g/mol. The molecule has 0 saturated carbocycles. The Bertz CT molecular complexity index is 1160. The summed E-state index contributed by atoms with van der Waals surface area (Å²) in [5.41, 5.74) is 5.99. The van der Waals surface area contributed by atoms with Crippen molar-refractivity contribution in [1.29, 1.82) is 0 Å². The number of halogens is 5. The molecule has 0 unspecified atom stereocenters. The number of aromatic nitrogens is 2. The Labute approximate surface area is 192 Å². The normalized spacial score (nSPS) is 12.2. The van der Waals surface area contributed by atoms with Crippen LogP contribution in [0.25, 0.3) is 16.9 Å². The number of nitrogens with two attached hydrogens (primary N) is 1. The van der Waals surface area contributed by atoms with E-state index in [1.807, 2.05) is 0 Å². The topological polar surface area (TPSA) is 70.1 Å². The van der Waals surface area contributed by atoms with Gasteiger partial charge in [-0.1, -0.05) is 35.3 Å². The first-order valence-corrected chi connectivity index (χ1v) is 10.2. The van der Waals surface area contributed by atoms with Gasteiger partial charge in [0.05, 0.1) is 34.3 Å². The van der Waals surface area contributed by atoms with Crippen LogP contribution in [-0.4, -0.2) is 21.3 Å². The Kier molecular flexibility index (Phi) is 6.60. The fourth-order valence-electron chi connectivity index (χ4n) is 2.98. The molecule has 0 spiro atoms. The highest BCUT2D eigenvalue weighted by molar-refractivity contribution is 6.35. The van der Waals surface area contributed by atoms with Crippen LogP contribution in [0.15, 0.2) is 42.5 Å². The number of nitrogens with zero attached hydrogens (tertiary/aromatic N) is 2. The molecule has 0 aliphatic rings. The zero-order valence-corrected chi connectivity index (χ0v) is 18.9. The predicted octanol–water partition coefficient (Wildman–Crippen LogP) is 5.95. The van der Waals surface area contributed by atoms with Gasteiger partial charge in [0, 0.05) is 16.1 Å². The molecule has 0 atom stereocenters. The highest BCUT2D eigenvalue weighted by Gasteiger charge is 2.31. The van der Waals surface area contributed by atoms with Gasteiger partial charge in [0.25, 0.3) is 0 Å². The first-order chi connectivity index (χ1) is 14.8. The summed E-state index contributed by atoms with van der Waals surface area (Å²) in [6, 6.07) is 9.56. The molecule has 2 aromatic carbocycles. The van der Waals surface area contributed by atoms with Crippen LogP contribution in [-0.2, 0) is 22.3 Å². The maximum Gasteiger partial charge on any atom is 0.416 e. The summed E-state index contributed by atoms with van der Waals surface area (Å²) in [7, 11) is 0. The highest BCUT2D eigenvalue weighted by atomic mass is 35.5. The monoisotopic (exact) mass is 485 g/mol. The Balaban J connectivity index is 2.13. The Morgan fingerprint density at radius 1 is 1.12 bits per heavy atom. The van der Waals surface area contributed by atoms with E-state index in [4.69, 9.17) is 33.7 Å². The first-order valence-electron chi connectivity index (χ1n) is 9.46. The lowest BCUT2D eigenvalue weighted by Crippen LogP contribution is -2.40. The quantitative estimate of drug-likeness (QED) is 0.468. The largest absolute Gasteiger partial charge is 0.416 e. The van der Waals surface area contributed by atoms with E-state index in [0.717, 1.165) is 12.1 Å². The van der Waals surface area contributed by atoms with Gasteiger partial charge >= 0.3 is 6.18 Å². The van der Waals surface area contributed by atoms with Crippen molar-refractivity contribution in [3.05, 3.63) is 69.3 Å². The van der Waals surface area contributed by atoms with E-state index < -0.39 is 23.2 Å². The molecular weight excluding hydrogens is 466 g/mol. The molecular formula is C22H20Cl2F3N3O2. The van der Waals surface area contributed by atoms with Crippen molar-refractivity contribution in [2.24, 2.45) is 5.73 Å². The number of carbonyl (C=O) groups is 1. The van der Waals surface area contributed by atoms with Gasteiger partial charge in [-0.05, 0) is 51.1 Å². The summed E-state index contributed by atoms with van der Waals surface area (Å²) < 4.78 is 46.2. The van der Waals surface area contributed by atoms with Crippen LogP contribution in [0.3, 0.4) is 0 Å². The van der Waals surface area contributed by atoms with E-state index in [2.05, 4.69) is 5.10 Å². The molecule has 1 aromatic heterocycles. The van der Waals surface area contributed by atoms with Crippen molar-refractivity contribution in [3.8, 4) is 16.9 Å². The molecule has 0 saturated heterocycles. The van der Waals surface area contributed by atoms with Crippen molar-refractivity contribution in [2.75, 3.05) is 0 Å². The summed E-state index contributed by atoms with van der Waals surface area (Å²) in [5, 5.41) is 5.30. The van der Waals surface area contributed by atoms with Gasteiger partial charge in [-0.25, -0.2) is 4.68 Å². The van der Waals surface area contributed by atoms with E-state index in [9.17, 15) is 18.0 Å². The number of amides is 1. The van der Waals surface area contributed by atoms with Crippen LogP contribution in [0.5, 0.6) is 0 Å². The minimum atomic E-state index is -4.45. The van der Waals surface area contributed by atoms with Crippen molar-refractivity contribution in [2.45, 2.75) is 39.2 Å². The lowest BCUT2D eigenvalue weighted by Gasteiger charge is -2.20. The number of carbonyl (C=O) groups excluding carboxylic acids is 1. The van der Waals surface area contributed by atoms with Crippen LogP contribution >= 0.6 is 23.2 Å². The Morgan fingerprint density at radius 3 is 2.28 bits per heavy atom. The fraction of sp³-hybridized carbons (Fsp3) is 0.273. The standard InChI is InChI=1S/C22H20Cl2F3N3O2/c1-12-17(11-32-21(2,3)20(28)31)29-30(18-9-8-15(23)10-16(18)24)19(12)13-4-6-14(7-5-13)22(25,26)27/h4-10H,11H2,1-3H3,(H2,28,31). The van der Waals surface area contributed by atoms with Crippen molar-refractivity contribution < 1.29 is 22.7 Å². The molecule has 1 heterocycles. The maximum atomic E-state index is 13.0. The smallest absolute Gasteiger partial charge is 0.367 e. The summed E-state index contributed by atoms with van der Waals surface area (Å²) >= 11 is 12.4. The van der Waals surface area contributed by atoms with Gasteiger partial charge < -0.3 is 10.5 Å². The zero-order chi connectivity index (χ0) is 23.8. The van der Waals surface area contributed by atoms with Gasteiger partial charge in [-0.3, -0.25) is 4.79 Å². The van der Waals surface area contributed by atoms with Crippen LogP contribution in [0, 0.1) is 6.92 Å². The second kappa shape index (κ2) is 8.77. The summed E-state index contributed by atoms with van der Waals surface area (Å²) in [6.45, 7) is 4.78. The molecule has 0 bridgehead atoms. The Morgan fingerprint density at radius 2 is 1.75 bits per heavy atom. The second-order valence-corrected chi connectivity index (χ2v) is 8.51. The molecule has 1 amide bonds. The second-order valence-electron chi connectivity index (χ2n) is 7.67. The van der Waals surface area contributed by atoms with Crippen molar-refractivity contribution in [1.82, 2.24) is 9.78 Å². The molecule has 170 valence electrons. The van der Waals surface area contributed by atoms with Crippen LogP contribution in [0.4, 0.5) is 13.2 Å². The minimum Gasteiger partial charge on any atom is -0.367 e. The van der Waals surface area contributed by atoms with E-state index >= 15 is 0 Å². The van der Waals surface area contributed by atoms with E-state index in [0.29, 0.717) is 38.2 Å². The molecule has 3 rings (SSSR count). The molecule has 32 heavy (non-hydrogen) atoms. The lowest BCUT2D eigenvalue weighted by atomic mass is 10.0. The molecule has 10 heteroatoms. The summed E-state index contributed by atoms with van der Waals surface area (Å²) in [6.07, 6.45) is -4.45. The number of hydrogen-bond acceptors (Lipinski definition) is 3. The third-order valence-corrected chi connectivity index (χ3v) is 5.55. The van der Waals surface area contributed by atoms with Gasteiger partial charge in [-0.15, -0.1) is 0 Å². The minimum absolute atomic E-state index is 0.0480. The van der Waals surface area contributed by atoms with Gasteiger partial charge in [-0.2, -0.15) is 18.3 Å². The predicted molar refractivity (Wildman–Crippen MR) is 117 cm³/mol. The summed E-state index contributed by atoms with van der Waals surface area (Å²) in [4.78, 5) is 11.6. The fourth-order valence-corrected chi connectivity index (χ4v) is 3.47. The maximum absolute atomic E-state index is 13.0. The van der Waals surface area contributed by atoms with Gasteiger partial charge in [0.2, 0.25) is 5.91 Å². The van der Waals surface area contributed by atoms with E-state index in [1.165, 1.54) is 30.7 Å². The van der Waals surface area contributed by atoms with Gasteiger partial charge in [0.15, 0.2) is 0 Å². The van der Waals surface area contributed by atoms with Crippen LogP contribution in [0.2, 0.25) is 10.0 Å². The van der Waals surface area contributed by atoms with Gasteiger partial charge in [0.1, 0.15) is 5.60 Å². The lowest BCUT2D eigenvalue weighted by molar-refractivity contribution is -0.140. The molecule has 5 nitrogen and oxygen atoms in total. The number of benzene rings is 2. The number of hydrogen-bond donors (Lipinski definition) is 1. The van der Waals surface area contributed by atoms with Crippen LogP contribution in [0.1, 0.15) is 30.7 Å². The van der Waals surface area contributed by atoms with Crippen LogP contribution < -0.4 is 5.73 Å². The Hall–Kier alpha value is -2.55. The van der Waals surface area contributed by atoms with Crippen molar-refractivity contribution in [3.63, 3.8) is 0 Å². The van der Waals surface area contributed by atoms with E-state index in [-0.39, 0.29) is 6.61 Å². The molecule has 0 radical (unpaired) electrons. The zero-order valence-electron chi connectivity index (χ0n) is 17.4. The SMILES string of the molecule is Cc1c(COC(C)(C)C(N)=O)nn(-c2ccc(Cl)cc2Cl)c1-c1ccc(C(F)(F)F)cc1. The first kappa shape index (κ1) is 24.1. The average Bonchev–Trinajstić information content (AvgIpc) is 3.02. The number of alkyl halides is 3. The number of ether oxygens (including phenoxy) is 1. The third kappa shape index (κ3) is 4.92.